The Morgan fingerprint density at radius 2 is 2.00 bits per heavy atom. The number of nitrogen functional groups attached to an aromatic ring is 1. The summed E-state index contributed by atoms with van der Waals surface area (Å²) >= 11 is 0. The Bertz CT molecular complexity index is 524. The Morgan fingerprint density at radius 1 is 1.31 bits per heavy atom. The van der Waals surface area contributed by atoms with Gasteiger partial charge in [0, 0.05) is 18.7 Å². The molecule has 0 aliphatic heterocycles. The van der Waals surface area contributed by atoms with Gasteiger partial charge >= 0.3 is 0 Å². The van der Waals surface area contributed by atoms with Crippen molar-refractivity contribution >= 4 is 5.82 Å². The summed E-state index contributed by atoms with van der Waals surface area (Å²) in [6, 6.07) is 5.58. The molecule has 3 N–H and O–H groups in total. The average Bonchev–Trinajstić information content (AvgIpc) is 2.56. The smallest absolute Gasteiger partial charge is 0.128 e. The molecule has 1 aromatic carbocycles. The minimum absolute atomic E-state index is 0.276. The third-order valence-corrected chi connectivity index (χ3v) is 2.89. The standard InChI is InChI=1S/C12H15N3O/c1-7-4-5-9(12(16)8(7)2)10-6-11(13)15(3)14-10/h4-6,16H,13H2,1-3H3. The molecule has 0 saturated carbocycles. The SMILES string of the molecule is Cc1ccc(-c2cc(N)n(C)n2)c(O)c1C. The maximum Gasteiger partial charge on any atom is 0.128 e. The summed E-state index contributed by atoms with van der Waals surface area (Å²) in [7, 11) is 1.77. The Morgan fingerprint density at radius 3 is 2.56 bits per heavy atom. The lowest BCUT2D eigenvalue weighted by molar-refractivity contribution is 0.472. The molecule has 1 heterocycles. The lowest BCUT2D eigenvalue weighted by atomic mass is 10.0. The van der Waals surface area contributed by atoms with E-state index in [9.17, 15) is 5.11 Å². The van der Waals surface area contributed by atoms with E-state index in [-0.39, 0.29) is 5.75 Å². The molecule has 0 bridgehead atoms. The van der Waals surface area contributed by atoms with Crippen LogP contribution in [0.5, 0.6) is 5.75 Å². The monoisotopic (exact) mass is 217 g/mol. The van der Waals surface area contributed by atoms with Crippen molar-refractivity contribution in [1.29, 1.82) is 0 Å². The van der Waals surface area contributed by atoms with Crippen LogP contribution in [-0.4, -0.2) is 14.9 Å². The van der Waals surface area contributed by atoms with Gasteiger partial charge in [-0.1, -0.05) is 6.07 Å². The van der Waals surface area contributed by atoms with Crippen molar-refractivity contribution in [3.05, 3.63) is 29.3 Å². The van der Waals surface area contributed by atoms with Gasteiger partial charge in [-0.3, -0.25) is 4.68 Å². The van der Waals surface area contributed by atoms with Crippen LogP contribution in [0.3, 0.4) is 0 Å². The molecule has 0 amide bonds. The van der Waals surface area contributed by atoms with Crippen molar-refractivity contribution in [2.24, 2.45) is 7.05 Å². The minimum atomic E-state index is 0.276. The highest BCUT2D eigenvalue weighted by atomic mass is 16.3. The van der Waals surface area contributed by atoms with Crippen LogP contribution in [0.25, 0.3) is 11.3 Å². The third-order valence-electron chi connectivity index (χ3n) is 2.89. The Balaban J connectivity index is 2.61. The van der Waals surface area contributed by atoms with E-state index in [1.807, 2.05) is 26.0 Å². The molecule has 4 heteroatoms. The zero-order valence-corrected chi connectivity index (χ0v) is 9.65. The number of aromatic nitrogens is 2. The lowest BCUT2D eigenvalue weighted by Crippen LogP contribution is -1.96. The van der Waals surface area contributed by atoms with Gasteiger partial charge in [-0.05, 0) is 31.0 Å². The van der Waals surface area contributed by atoms with Gasteiger partial charge < -0.3 is 10.8 Å². The summed E-state index contributed by atoms with van der Waals surface area (Å²) < 4.78 is 1.59. The van der Waals surface area contributed by atoms with Gasteiger partial charge in [-0.25, -0.2) is 0 Å². The second-order valence-electron chi connectivity index (χ2n) is 3.98. The number of benzene rings is 1. The summed E-state index contributed by atoms with van der Waals surface area (Å²) in [5, 5.41) is 14.3. The highest BCUT2D eigenvalue weighted by molar-refractivity contribution is 5.71. The number of nitrogens with two attached hydrogens (primary N) is 1. The van der Waals surface area contributed by atoms with E-state index < -0.39 is 0 Å². The van der Waals surface area contributed by atoms with Crippen LogP contribution < -0.4 is 5.73 Å². The van der Waals surface area contributed by atoms with Crippen LogP contribution >= 0.6 is 0 Å². The largest absolute Gasteiger partial charge is 0.507 e. The minimum Gasteiger partial charge on any atom is -0.507 e. The van der Waals surface area contributed by atoms with E-state index in [0.717, 1.165) is 16.7 Å². The molecular formula is C12H15N3O. The van der Waals surface area contributed by atoms with Crippen LogP contribution in [0.15, 0.2) is 18.2 Å². The number of nitrogens with zero attached hydrogens (tertiary/aromatic N) is 2. The summed E-state index contributed by atoms with van der Waals surface area (Å²) in [5.41, 5.74) is 9.06. The van der Waals surface area contributed by atoms with Crippen molar-refractivity contribution in [2.45, 2.75) is 13.8 Å². The van der Waals surface area contributed by atoms with E-state index in [0.29, 0.717) is 11.5 Å². The van der Waals surface area contributed by atoms with E-state index in [1.165, 1.54) is 0 Å². The fourth-order valence-corrected chi connectivity index (χ4v) is 1.62. The normalized spacial score (nSPS) is 10.7. The summed E-state index contributed by atoms with van der Waals surface area (Å²) in [5.74, 6) is 0.853. The molecule has 0 aliphatic carbocycles. The molecule has 0 unspecified atom stereocenters. The first-order valence-corrected chi connectivity index (χ1v) is 5.09. The van der Waals surface area contributed by atoms with E-state index in [4.69, 9.17) is 5.73 Å². The molecule has 84 valence electrons. The predicted octanol–water partition coefficient (Wildman–Crippen LogP) is 1.99. The van der Waals surface area contributed by atoms with Crippen LogP contribution in [0.4, 0.5) is 5.82 Å². The van der Waals surface area contributed by atoms with Crippen molar-refractivity contribution in [3.63, 3.8) is 0 Å². The molecule has 2 aromatic rings. The zero-order valence-electron chi connectivity index (χ0n) is 9.65. The molecule has 0 radical (unpaired) electrons. The number of aryl methyl sites for hydroxylation is 2. The van der Waals surface area contributed by atoms with Gasteiger partial charge in [0.15, 0.2) is 0 Å². The Labute approximate surface area is 94.3 Å². The fourth-order valence-electron chi connectivity index (χ4n) is 1.62. The predicted molar refractivity (Wildman–Crippen MR) is 64.2 cm³/mol. The number of phenols is 1. The van der Waals surface area contributed by atoms with Crippen LogP contribution in [0, 0.1) is 13.8 Å². The first-order valence-electron chi connectivity index (χ1n) is 5.09. The Kier molecular flexibility index (Phi) is 2.34. The summed E-state index contributed by atoms with van der Waals surface area (Å²) in [6.45, 7) is 3.85. The van der Waals surface area contributed by atoms with Crippen molar-refractivity contribution in [3.8, 4) is 17.0 Å². The van der Waals surface area contributed by atoms with Crippen molar-refractivity contribution < 1.29 is 5.11 Å². The average molecular weight is 217 g/mol. The lowest BCUT2D eigenvalue weighted by Gasteiger charge is -2.07. The quantitative estimate of drug-likeness (QED) is 0.767. The maximum atomic E-state index is 10.0. The summed E-state index contributed by atoms with van der Waals surface area (Å²) in [4.78, 5) is 0. The number of anilines is 1. The molecule has 0 atom stereocenters. The van der Waals surface area contributed by atoms with Gasteiger partial charge in [0.2, 0.25) is 0 Å². The molecule has 0 saturated heterocycles. The van der Waals surface area contributed by atoms with Crippen LogP contribution in [-0.2, 0) is 7.05 Å². The second kappa shape index (κ2) is 3.56. The number of phenolic OH excluding ortho intramolecular Hbond substituents is 1. The molecule has 1 aromatic heterocycles. The van der Waals surface area contributed by atoms with E-state index in [2.05, 4.69) is 5.10 Å². The molecule has 4 nitrogen and oxygen atoms in total. The highest BCUT2D eigenvalue weighted by Crippen LogP contribution is 2.33. The molecule has 0 fully saturated rings. The topological polar surface area (TPSA) is 64.1 Å². The van der Waals surface area contributed by atoms with Crippen molar-refractivity contribution in [2.75, 3.05) is 5.73 Å². The second-order valence-corrected chi connectivity index (χ2v) is 3.98. The molecular weight excluding hydrogens is 202 g/mol. The van der Waals surface area contributed by atoms with Gasteiger partial charge in [0.1, 0.15) is 11.6 Å². The Hall–Kier alpha value is -1.97. The van der Waals surface area contributed by atoms with Crippen molar-refractivity contribution in [1.82, 2.24) is 9.78 Å². The van der Waals surface area contributed by atoms with E-state index in [1.54, 1.807) is 17.8 Å². The first-order chi connectivity index (χ1) is 7.50. The number of hydrogen-bond donors (Lipinski definition) is 2. The van der Waals surface area contributed by atoms with Crippen LogP contribution in [0.1, 0.15) is 11.1 Å². The highest BCUT2D eigenvalue weighted by Gasteiger charge is 2.12. The van der Waals surface area contributed by atoms with Crippen LogP contribution in [0.2, 0.25) is 0 Å². The van der Waals surface area contributed by atoms with Gasteiger partial charge in [-0.2, -0.15) is 5.10 Å². The maximum absolute atomic E-state index is 10.0. The number of hydrogen-bond acceptors (Lipinski definition) is 3. The van der Waals surface area contributed by atoms with Gasteiger partial charge in [0.05, 0.1) is 5.69 Å². The van der Waals surface area contributed by atoms with Gasteiger partial charge in [0.25, 0.3) is 0 Å². The summed E-state index contributed by atoms with van der Waals surface area (Å²) in [6.07, 6.45) is 0. The zero-order chi connectivity index (χ0) is 11.9. The fraction of sp³-hybridized carbons (Fsp3) is 0.250. The number of rotatable bonds is 1. The van der Waals surface area contributed by atoms with Gasteiger partial charge in [-0.15, -0.1) is 0 Å². The molecule has 16 heavy (non-hydrogen) atoms. The molecule has 0 aliphatic rings. The first kappa shape index (κ1) is 10.5. The third kappa shape index (κ3) is 1.52. The number of aromatic hydroxyl groups is 1. The van der Waals surface area contributed by atoms with E-state index >= 15 is 0 Å². The molecule has 2 rings (SSSR count). The molecule has 0 spiro atoms.